The molecule has 2 aromatic rings. The van der Waals surface area contributed by atoms with Gasteiger partial charge in [0.05, 0.1) is 17.1 Å². The fourth-order valence-corrected chi connectivity index (χ4v) is 4.07. The third-order valence-electron chi connectivity index (χ3n) is 3.39. The predicted octanol–water partition coefficient (Wildman–Crippen LogP) is 3.68. The lowest BCUT2D eigenvalue weighted by Gasteiger charge is -2.11. The van der Waals surface area contributed by atoms with Crippen molar-refractivity contribution in [2.45, 2.75) is 32.7 Å². The second kappa shape index (κ2) is 6.65. The van der Waals surface area contributed by atoms with Crippen molar-refractivity contribution in [3.63, 3.8) is 0 Å². The Morgan fingerprint density at radius 1 is 1.35 bits per heavy atom. The Hall–Kier alpha value is -0.980. The summed E-state index contributed by atoms with van der Waals surface area (Å²) in [4.78, 5) is 12.8. The highest BCUT2D eigenvalue weighted by Crippen LogP contribution is 2.30. The molecule has 1 saturated heterocycles. The molecule has 0 aromatic carbocycles. The molecule has 6 heteroatoms. The highest BCUT2D eigenvalue weighted by Gasteiger charge is 2.15. The average molecular weight is 308 g/mol. The Bertz CT molecular complexity index is 543. The van der Waals surface area contributed by atoms with Gasteiger partial charge in [-0.3, -0.25) is 4.90 Å². The van der Waals surface area contributed by atoms with Crippen LogP contribution in [0.15, 0.2) is 11.6 Å². The van der Waals surface area contributed by atoms with Crippen molar-refractivity contribution in [1.29, 1.82) is 0 Å². The van der Waals surface area contributed by atoms with Gasteiger partial charge in [-0.25, -0.2) is 9.97 Å². The average Bonchev–Trinajstić information content (AvgIpc) is 3.18. The van der Waals surface area contributed by atoms with Gasteiger partial charge in [0, 0.05) is 18.1 Å². The number of nitrogens with zero attached hydrogens (tertiary/aromatic N) is 3. The normalized spacial score (nSPS) is 15.8. The maximum atomic E-state index is 4.63. The van der Waals surface area contributed by atoms with E-state index in [-0.39, 0.29) is 0 Å². The molecule has 1 aliphatic rings. The summed E-state index contributed by atoms with van der Waals surface area (Å²) < 4.78 is 0. The lowest BCUT2D eigenvalue weighted by Crippen LogP contribution is -2.17. The van der Waals surface area contributed by atoms with Gasteiger partial charge >= 0.3 is 0 Å². The van der Waals surface area contributed by atoms with Gasteiger partial charge in [0.1, 0.15) is 5.01 Å². The Morgan fingerprint density at radius 3 is 3.00 bits per heavy atom. The number of aromatic nitrogens is 2. The van der Waals surface area contributed by atoms with Crippen LogP contribution in [0.25, 0.3) is 10.6 Å². The molecule has 0 spiro atoms. The Morgan fingerprint density at radius 2 is 2.20 bits per heavy atom. The fraction of sp³-hybridized carbons (Fsp3) is 0.571. The van der Waals surface area contributed by atoms with Crippen LogP contribution in [0.1, 0.15) is 31.2 Å². The molecule has 1 fully saturated rings. The molecule has 4 nitrogen and oxygen atoms in total. The standard InChI is InChI=1S/C14H20N4S2/c1-2-5-15-14-17-11(10-19-14)12-8-16-13(20-12)9-18-6-3-4-7-18/h8,10H,2-7,9H2,1H3,(H,15,17). The van der Waals surface area contributed by atoms with E-state index < -0.39 is 0 Å². The number of nitrogens with one attached hydrogen (secondary N) is 1. The maximum absolute atomic E-state index is 4.63. The van der Waals surface area contributed by atoms with Crippen LogP contribution in [0.2, 0.25) is 0 Å². The summed E-state index contributed by atoms with van der Waals surface area (Å²) in [6.45, 7) is 6.58. The number of hydrogen-bond acceptors (Lipinski definition) is 6. The molecule has 2 aromatic heterocycles. The largest absolute Gasteiger partial charge is 0.362 e. The van der Waals surface area contributed by atoms with Gasteiger partial charge in [-0.15, -0.1) is 22.7 Å². The number of anilines is 1. The quantitative estimate of drug-likeness (QED) is 0.884. The van der Waals surface area contributed by atoms with Crippen LogP contribution in [-0.2, 0) is 6.54 Å². The van der Waals surface area contributed by atoms with Crippen molar-refractivity contribution >= 4 is 27.8 Å². The molecule has 20 heavy (non-hydrogen) atoms. The van der Waals surface area contributed by atoms with Crippen molar-refractivity contribution in [3.05, 3.63) is 16.6 Å². The summed E-state index contributed by atoms with van der Waals surface area (Å²) >= 11 is 3.45. The van der Waals surface area contributed by atoms with E-state index in [1.807, 2.05) is 6.20 Å². The van der Waals surface area contributed by atoms with Gasteiger partial charge in [-0.05, 0) is 32.4 Å². The van der Waals surface area contributed by atoms with Gasteiger partial charge < -0.3 is 5.32 Å². The highest BCUT2D eigenvalue weighted by molar-refractivity contribution is 7.16. The van der Waals surface area contributed by atoms with Crippen LogP contribution >= 0.6 is 22.7 Å². The minimum Gasteiger partial charge on any atom is -0.362 e. The van der Waals surface area contributed by atoms with Crippen molar-refractivity contribution < 1.29 is 0 Å². The predicted molar refractivity (Wildman–Crippen MR) is 86.5 cm³/mol. The smallest absolute Gasteiger partial charge is 0.183 e. The maximum Gasteiger partial charge on any atom is 0.183 e. The number of rotatable bonds is 6. The first-order chi connectivity index (χ1) is 9.85. The van der Waals surface area contributed by atoms with Crippen LogP contribution in [-0.4, -0.2) is 34.5 Å². The van der Waals surface area contributed by atoms with Gasteiger partial charge in [0.15, 0.2) is 5.13 Å². The van der Waals surface area contributed by atoms with Crippen molar-refractivity contribution in [2.24, 2.45) is 0 Å². The molecule has 0 atom stereocenters. The van der Waals surface area contributed by atoms with Crippen molar-refractivity contribution in [1.82, 2.24) is 14.9 Å². The zero-order valence-corrected chi connectivity index (χ0v) is 13.4. The summed E-state index contributed by atoms with van der Waals surface area (Å²) in [6.07, 6.45) is 5.75. The third kappa shape index (κ3) is 3.37. The van der Waals surface area contributed by atoms with Crippen LogP contribution in [0, 0.1) is 0 Å². The molecule has 3 rings (SSSR count). The molecule has 3 heterocycles. The number of hydrogen-bond donors (Lipinski definition) is 1. The van der Waals surface area contributed by atoms with E-state index in [9.17, 15) is 0 Å². The minimum absolute atomic E-state index is 0.982. The second-order valence-corrected chi connectivity index (χ2v) is 7.04. The fourth-order valence-electron chi connectivity index (χ4n) is 2.33. The molecule has 0 bridgehead atoms. The van der Waals surface area contributed by atoms with Gasteiger partial charge in [-0.2, -0.15) is 0 Å². The molecular formula is C14H20N4S2. The van der Waals surface area contributed by atoms with E-state index in [2.05, 4.69) is 32.5 Å². The van der Waals surface area contributed by atoms with Crippen molar-refractivity contribution in [2.75, 3.05) is 25.0 Å². The lowest BCUT2D eigenvalue weighted by atomic mass is 10.4. The Balaban J connectivity index is 1.64. The van der Waals surface area contributed by atoms with Crippen LogP contribution in [0.4, 0.5) is 5.13 Å². The molecule has 1 aliphatic heterocycles. The molecule has 0 aliphatic carbocycles. The molecule has 0 radical (unpaired) electrons. The highest BCUT2D eigenvalue weighted by atomic mass is 32.1. The molecule has 0 amide bonds. The topological polar surface area (TPSA) is 41.1 Å². The summed E-state index contributed by atoms with van der Waals surface area (Å²) in [5, 5.41) is 7.67. The van der Waals surface area contributed by atoms with E-state index in [4.69, 9.17) is 0 Å². The summed E-state index contributed by atoms with van der Waals surface area (Å²) in [5.74, 6) is 0. The summed E-state index contributed by atoms with van der Waals surface area (Å²) in [6, 6.07) is 0. The van der Waals surface area contributed by atoms with E-state index in [1.165, 1.54) is 35.8 Å². The molecule has 108 valence electrons. The van der Waals surface area contributed by atoms with E-state index in [0.29, 0.717) is 0 Å². The van der Waals surface area contributed by atoms with Gasteiger partial charge in [0.2, 0.25) is 0 Å². The van der Waals surface area contributed by atoms with E-state index in [1.54, 1.807) is 22.7 Å². The van der Waals surface area contributed by atoms with Crippen molar-refractivity contribution in [3.8, 4) is 10.6 Å². The SMILES string of the molecule is CCCNc1nc(-c2cnc(CN3CCCC3)s2)cs1. The van der Waals surface area contributed by atoms with Gasteiger partial charge in [0.25, 0.3) is 0 Å². The van der Waals surface area contributed by atoms with Crippen LogP contribution < -0.4 is 5.32 Å². The Labute approximate surface area is 127 Å². The molecular weight excluding hydrogens is 288 g/mol. The second-order valence-electron chi connectivity index (χ2n) is 5.07. The zero-order valence-electron chi connectivity index (χ0n) is 11.8. The first-order valence-electron chi connectivity index (χ1n) is 7.22. The number of likely N-dealkylation sites (tertiary alicyclic amines) is 1. The van der Waals surface area contributed by atoms with E-state index >= 15 is 0 Å². The summed E-state index contributed by atoms with van der Waals surface area (Å²) in [5.41, 5.74) is 1.05. The lowest BCUT2D eigenvalue weighted by molar-refractivity contribution is 0.331. The van der Waals surface area contributed by atoms with Crippen LogP contribution in [0.5, 0.6) is 0 Å². The molecule has 1 N–H and O–H groups in total. The first-order valence-corrected chi connectivity index (χ1v) is 8.91. The van der Waals surface area contributed by atoms with Crippen LogP contribution in [0.3, 0.4) is 0 Å². The molecule has 0 unspecified atom stereocenters. The monoisotopic (exact) mass is 308 g/mol. The van der Waals surface area contributed by atoms with E-state index in [0.717, 1.165) is 30.3 Å². The van der Waals surface area contributed by atoms with Gasteiger partial charge in [-0.1, -0.05) is 6.92 Å². The Kier molecular flexibility index (Phi) is 4.65. The first kappa shape index (κ1) is 14.0. The number of thiazole rings is 2. The molecule has 0 saturated carbocycles. The third-order valence-corrected chi connectivity index (χ3v) is 5.20. The zero-order chi connectivity index (χ0) is 13.8. The summed E-state index contributed by atoms with van der Waals surface area (Å²) in [7, 11) is 0. The minimum atomic E-state index is 0.982.